The van der Waals surface area contributed by atoms with Crippen LogP contribution in [0.25, 0.3) is 0 Å². The van der Waals surface area contributed by atoms with Gasteiger partial charge in [-0.3, -0.25) is 4.21 Å². The third kappa shape index (κ3) is 4.91. The molecule has 0 heterocycles. The van der Waals surface area contributed by atoms with Crippen molar-refractivity contribution in [2.45, 2.75) is 45.2 Å². The molecule has 1 N–H and O–H groups in total. The minimum atomic E-state index is -0.872. The Kier molecular flexibility index (Phi) is 7.24. The van der Waals surface area contributed by atoms with E-state index in [1.807, 2.05) is 6.07 Å². The lowest BCUT2D eigenvalue weighted by Crippen LogP contribution is -2.19. The molecule has 0 aliphatic rings. The van der Waals surface area contributed by atoms with Crippen molar-refractivity contribution in [3.63, 3.8) is 0 Å². The largest absolute Gasteiger partial charge is 0.496 e. The lowest BCUT2D eigenvalue weighted by Gasteiger charge is -2.17. The molecule has 0 spiro atoms. The Morgan fingerprint density at radius 2 is 2.00 bits per heavy atom. The van der Waals surface area contributed by atoms with Crippen LogP contribution in [-0.4, -0.2) is 23.1 Å². The third-order valence-electron chi connectivity index (χ3n) is 3.58. The predicted octanol–water partition coefficient (Wildman–Crippen LogP) is 3.10. The molecular formula is C16H27NO2S. The molecule has 2 unspecified atom stereocenters. The summed E-state index contributed by atoms with van der Waals surface area (Å²) in [6.45, 7) is 10.1. The highest BCUT2D eigenvalue weighted by Crippen LogP contribution is 2.23. The van der Waals surface area contributed by atoms with Gasteiger partial charge in [-0.2, -0.15) is 0 Å². The maximum atomic E-state index is 12.4. The zero-order chi connectivity index (χ0) is 15.1. The highest BCUT2D eigenvalue weighted by Gasteiger charge is 2.17. The molecule has 0 aliphatic heterocycles. The summed E-state index contributed by atoms with van der Waals surface area (Å²) in [5.41, 5.74) is 2.24. The summed E-state index contributed by atoms with van der Waals surface area (Å²) in [7, 11) is 0.792. The van der Waals surface area contributed by atoms with E-state index in [0.29, 0.717) is 11.7 Å². The average Bonchev–Trinajstić information content (AvgIpc) is 2.44. The fourth-order valence-corrected chi connectivity index (χ4v) is 3.31. The van der Waals surface area contributed by atoms with Gasteiger partial charge >= 0.3 is 0 Å². The molecule has 1 aromatic rings. The van der Waals surface area contributed by atoms with Crippen molar-refractivity contribution in [3.05, 3.63) is 29.3 Å². The van der Waals surface area contributed by atoms with Gasteiger partial charge in [-0.1, -0.05) is 33.8 Å². The maximum absolute atomic E-state index is 12.4. The number of benzene rings is 1. The van der Waals surface area contributed by atoms with Gasteiger partial charge in [0.25, 0.3) is 0 Å². The molecule has 0 saturated carbocycles. The first kappa shape index (κ1) is 17.2. The van der Waals surface area contributed by atoms with E-state index in [0.717, 1.165) is 24.4 Å². The Morgan fingerprint density at radius 1 is 1.30 bits per heavy atom. The zero-order valence-electron chi connectivity index (χ0n) is 13.2. The number of rotatable bonds is 8. The molecule has 2 atom stereocenters. The number of hydrogen-bond acceptors (Lipinski definition) is 3. The second-order valence-corrected chi connectivity index (χ2v) is 7.19. The van der Waals surface area contributed by atoms with E-state index < -0.39 is 10.8 Å². The van der Waals surface area contributed by atoms with E-state index in [1.54, 1.807) is 7.11 Å². The molecule has 0 bridgehead atoms. The molecule has 1 aromatic carbocycles. The predicted molar refractivity (Wildman–Crippen MR) is 86.5 cm³/mol. The summed E-state index contributed by atoms with van der Waals surface area (Å²) in [6, 6.07) is 6.13. The van der Waals surface area contributed by atoms with Crippen LogP contribution < -0.4 is 10.1 Å². The normalized spacial score (nSPS) is 14.3. The molecular weight excluding hydrogens is 270 g/mol. The standard InChI is InChI=1S/C16H27NO2S/c1-6-17-10-14-7-8-16(19-5)15(9-14)11-20(18)13(4)12(2)3/h7-9,12-13,17H,6,10-11H2,1-5H3. The zero-order valence-corrected chi connectivity index (χ0v) is 14.0. The van der Waals surface area contributed by atoms with Crippen LogP contribution in [0.15, 0.2) is 18.2 Å². The third-order valence-corrected chi connectivity index (χ3v) is 5.54. The van der Waals surface area contributed by atoms with Crippen LogP contribution in [0.4, 0.5) is 0 Å². The van der Waals surface area contributed by atoms with E-state index in [9.17, 15) is 4.21 Å². The highest BCUT2D eigenvalue weighted by molar-refractivity contribution is 7.84. The van der Waals surface area contributed by atoms with E-state index in [4.69, 9.17) is 4.74 Å². The Balaban J connectivity index is 2.88. The molecule has 0 fully saturated rings. The van der Waals surface area contributed by atoms with Gasteiger partial charge in [0.2, 0.25) is 0 Å². The Morgan fingerprint density at radius 3 is 2.55 bits per heavy atom. The van der Waals surface area contributed by atoms with E-state index in [-0.39, 0.29) is 5.25 Å². The summed E-state index contributed by atoms with van der Waals surface area (Å²) in [5, 5.41) is 3.50. The second-order valence-electron chi connectivity index (χ2n) is 5.40. The van der Waals surface area contributed by atoms with Crippen molar-refractivity contribution in [2.75, 3.05) is 13.7 Å². The van der Waals surface area contributed by atoms with E-state index >= 15 is 0 Å². The van der Waals surface area contributed by atoms with Gasteiger partial charge in [0, 0.05) is 28.2 Å². The van der Waals surface area contributed by atoms with E-state index in [2.05, 4.69) is 45.1 Å². The Hall–Kier alpha value is -0.870. The molecule has 0 amide bonds. The monoisotopic (exact) mass is 297 g/mol. The van der Waals surface area contributed by atoms with Crippen LogP contribution in [0.2, 0.25) is 0 Å². The molecule has 0 aliphatic carbocycles. The first-order chi connectivity index (χ1) is 9.49. The van der Waals surface area contributed by atoms with Gasteiger partial charge in [0.15, 0.2) is 0 Å². The summed E-state index contributed by atoms with van der Waals surface area (Å²) in [5.74, 6) is 1.81. The molecule has 0 radical (unpaired) electrons. The van der Waals surface area contributed by atoms with Gasteiger partial charge in [-0.05, 0) is 30.2 Å². The Labute approximate surface area is 125 Å². The number of hydrogen-bond donors (Lipinski definition) is 1. The van der Waals surface area contributed by atoms with Crippen LogP contribution >= 0.6 is 0 Å². The molecule has 3 nitrogen and oxygen atoms in total. The van der Waals surface area contributed by atoms with Gasteiger partial charge in [0.05, 0.1) is 12.9 Å². The number of ether oxygens (including phenoxy) is 1. The van der Waals surface area contributed by atoms with Crippen molar-refractivity contribution < 1.29 is 8.95 Å². The van der Waals surface area contributed by atoms with Crippen LogP contribution in [0.1, 0.15) is 38.8 Å². The number of nitrogens with one attached hydrogen (secondary N) is 1. The number of methoxy groups -OCH3 is 1. The molecule has 1 rings (SSSR count). The van der Waals surface area contributed by atoms with Gasteiger partial charge in [-0.15, -0.1) is 0 Å². The molecule has 4 heteroatoms. The second kappa shape index (κ2) is 8.42. The quantitative estimate of drug-likeness (QED) is 0.801. The Bertz CT molecular complexity index is 446. The lowest BCUT2D eigenvalue weighted by atomic mass is 10.1. The maximum Gasteiger partial charge on any atom is 0.123 e. The van der Waals surface area contributed by atoms with Crippen LogP contribution in [0.5, 0.6) is 5.75 Å². The van der Waals surface area contributed by atoms with Crippen molar-refractivity contribution in [1.29, 1.82) is 0 Å². The van der Waals surface area contributed by atoms with Gasteiger partial charge < -0.3 is 10.1 Å². The van der Waals surface area contributed by atoms with Crippen molar-refractivity contribution in [2.24, 2.45) is 5.92 Å². The minimum absolute atomic E-state index is 0.192. The molecule has 0 aromatic heterocycles. The van der Waals surface area contributed by atoms with Crippen molar-refractivity contribution in [1.82, 2.24) is 5.32 Å². The minimum Gasteiger partial charge on any atom is -0.496 e. The molecule has 20 heavy (non-hydrogen) atoms. The molecule has 114 valence electrons. The summed E-state index contributed by atoms with van der Waals surface area (Å²) in [4.78, 5) is 0. The van der Waals surface area contributed by atoms with Crippen molar-refractivity contribution >= 4 is 10.8 Å². The SMILES string of the molecule is CCNCc1ccc(OC)c(CS(=O)C(C)C(C)C)c1. The highest BCUT2D eigenvalue weighted by atomic mass is 32.2. The lowest BCUT2D eigenvalue weighted by molar-refractivity contribution is 0.411. The first-order valence-electron chi connectivity index (χ1n) is 7.23. The summed E-state index contributed by atoms with van der Waals surface area (Å²) < 4.78 is 17.8. The van der Waals surface area contributed by atoms with E-state index in [1.165, 1.54) is 5.56 Å². The topological polar surface area (TPSA) is 38.3 Å². The first-order valence-corrected chi connectivity index (χ1v) is 8.61. The van der Waals surface area contributed by atoms with Crippen LogP contribution in [0.3, 0.4) is 0 Å². The fraction of sp³-hybridized carbons (Fsp3) is 0.625. The van der Waals surface area contributed by atoms with Gasteiger partial charge in [0.1, 0.15) is 5.75 Å². The van der Waals surface area contributed by atoms with Crippen LogP contribution in [0, 0.1) is 5.92 Å². The smallest absolute Gasteiger partial charge is 0.123 e. The average molecular weight is 297 g/mol. The van der Waals surface area contributed by atoms with Gasteiger partial charge in [-0.25, -0.2) is 0 Å². The van der Waals surface area contributed by atoms with Crippen LogP contribution in [-0.2, 0) is 23.1 Å². The summed E-state index contributed by atoms with van der Waals surface area (Å²) in [6.07, 6.45) is 0. The molecule has 0 saturated heterocycles. The summed E-state index contributed by atoms with van der Waals surface area (Å²) >= 11 is 0. The fourth-order valence-electron chi connectivity index (χ4n) is 1.91. The van der Waals surface area contributed by atoms with Crippen molar-refractivity contribution in [3.8, 4) is 5.75 Å².